The van der Waals surface area contributed by atoms with Gasteiger partial charge in [-0.25, -0.2) is 0 Å². The number of phenolic OH excluding ortho intramolecular Hbond substituents is 1. The van der Waals surface area contributed by atoms with Crippen LogP contribution in [0.3, 0.4) is 0 Å². The number of thioether (sulfide) groups is 1. The Hall–Kier alpha value is -0.870. The Morgan fingerprint density at radius 1 is 1.47 bits per heavy atom. The van der Waals surface area contributed by atoms with E-state index in [0.29, 0.717) is 10.5 Å². The van der Waals surface area contributed by atoms with Crippen molar-refractivity contribution in [2.45, 2.75) is 37.0 Å². The van der Waals surface area contributed by atoms with Crippen LogP contribution >= 0.6 is 11.8 Å². The number of aromatic hydroxyl groups is 1. The molecule has 2 rings (SSSR count). The Bertz CT molecular complexity index is 427. The van der Waals surface area contributed by atoms with Gasteiger partial charge in [-0.05, 0) is 43.7 Å². The summed E-state index contributed by atoms with van der Waals surface area (Å²) in [6.45, 7) is 3.19. The van der Waals surface area contributed by atoms with Crippen molar-refractivity contribution in [3.05, 3.63) is 23.8 Å². The fraction of sp³-hybridized carbons (Fsp3) is 0.600. The first kappa shape index (κ1) is 14.5. The lowest BCUT2D eigenvalue weighted by Crippen LogP contribution is -2.43. The highest BCUT2D eigenvalue weighted by Gasteiger charge is 2.35. The highest BCUT2D eigenvalue weighted by Crippen LogP contribution is 2.42. The third-order valence-corrected chi connectivity index (χ3v) is 5.55. The molecular formula is C15H23NO2S. The standard InChI is InChI=1S/C15H23NO2S/c1-11(16-10-15(19-3)7-4-8-15)12-5-6-13(17)14(9-12)18-2/h5-6,9,11,16-17H,4,7-8,10H2,1-3H3. The Labute approximate surface area is 119 Å². The van der Waals surface area contributed by atoms with Gasteiger partial charge in [0.05, 0.1) is 7.11 Å². The SMILES string of the molecule is COc1cc(C(C)NCC2(SC)CCC2)ccc1O. The number of phenols is 1. The second-order valence-corrected chi connectivity index (χ2v) is 6.55. The summed E-state index contributed by atoms with van der Waals surface area (Å²) >= 11 is 1.98. The average Bonchev–Trinajstić information content (AvgIpc) is 2.38. The van der Waals surface area contributed by atoms with Crippen LogP contribution in [0.4, 0.5) is 0 Å². The highest BCUT2D eigenvalue weighted by molar-refractivity contribution is 8.00. The van der Waals surface area contributed by atoms with Gasteiger partial charge in [0.25, 0.3) is 0 Å². The van der Waals surface area contributed by atoms with E-state index in [9.17, 15) is 5.11 Å². The summed E-state index contributed by atoms with van der Waals surface area (Å²) in [5.41, 5.74) is 1.14. The quantitative estimate of drug-likeness (QED) is 0.839. The minimum atomic E-state index is 0.193. The van der Waals surface area contributed by atoms with Gasteiger partial charge in [0.1, 0.15) is 0 Å². The molecule has 19 heavy (non-hydrogen) atoms. The van der Waals surface area contributed by atoms with Crippen molar-refractivity contribution in [2.24, 2.45) is 0 Å². The summed E-state index contributed by atoms with van der Waals surface area (Å²) in [7, 11) is 1.58. The molecule has 0 heterocycles. The monoisotopic (exact) mass is 281 g/mol. The molecule has 1 aromatic carbocycles. The van der Waals surface area contributed by atoms with Gasteiger partial charge < -0.3 is 15.2 Å². The second kappa shape index (κ2) is 6.06. The molecule has 3 nitrogen and oxygen atoms in total. The normalized spacial score (nSPS) is 18.7. The third-order valence-electron chi connectivity index (χ3n) is 4.13. The Morgan fingerprint density at radius 2 is 2.21 bits per heavy atom. The third kappa shape index (κ3) is 3.18. The zero-order chi connectivity index (χ0) is 13.9. The summed E-state index contributed by atoms with van der Waals surface area (Å²) < 4.78 is 5.59. The van der Waals surface area contributed by atoms with Crippen LogP contribution in [0, 0.1) is 0 Å². The van der Waals surface area contributed by atoms with Crippen LogP contribution < -0.4 is 10.1 Å². The van der Waals surface area contributed by atoms with Gasteiger partial charge in [-0.1, -0.05) is 12.5 Å². The van der Waals surface area contributed by atoms with E-state index in [1.807, 2.05) is 23.9 Å². The summed E-state index contributed by atoms with van der Waals surface area (Å²) in [6.07, 6.45) is 6.18. The van der Waals surface area contributed by atoms with E-state index in [-0.39, 0.29) is 11.8 Å². The van der Waals surface area contributed by atoms with Crippen LogP contribution in [0.5, 0.6) is 11.5 Å². The van der Waals surface area contributed by atoms with Gasteiger partial charge in [-0.3, -0.25) is 0 Å². The summed E-state index contributed by atoms with van der Waals surface area (Å²) in [5.74, 6) is 0.729. The number of benzene rings is 1. The molecule has 0 bridgehead atoms. The number of methoxy groups -OCH3 is 1. The number of hydrogen-bond donors (Lipinski definition) is 2. The molecule has 0 saturated heterocycles. The van der Waals surface area contributed by atoms with Gasteiger partial charge in [-0.2, -0.15) is 11.8 Å². The lowest BCUT2D eigenvalue weighted by molar-refractivity contribution is 0.333. The first-order valence-corrected chi connectivity index (χ1v) is 7.98. The van der Waals surface area contributed by atoms with E-state index in [1.165, 1.54) is 19.3 Å². The van der Waals surface area contributed by atoms with Crippen LogP contribution in [0.15, 0.2) is 18.2 Å². The second-order valence-electron chi connectivity index (χ2n) is 5.27. The van der Waals surface area contributed by atoms with Gasteiger partial charge in [-0.15, -0.1) is 0 Å². The maximum Gasteiger partial charge on any atom is 0.160 e. The molecule has 1 aliphatic carbocycles. The minimum absolute atomic E-state index is 0.193. The molecule has 2 N–H and O–H groups in total. The number of rotatable bonds is 6. The molecular weight excluding hydrogens is 258 g/mol. The molecule has 1 aliphatic rings. The Morgan fingerprint density at radius 3 is 2.74 bits per heavy atom. The van der Waals surface area contributed by atoms with Gasteiger partial charge in [0.15, 0.2) is 11.5 Å². The largest absolute Gasteiger partial charge is 0.504 e. The number of nitrogens with one attached hydrogen (secondary N) is 1. The fourth-order valence-electron chi connectivity index (χ4n) is 2.44. The molecule has 0 radical (unpaired) electrons. The van der Waals surface area contributed by atoms with Crippen molar-refractivity contribution in [1.82, 2.24) is 5.32 Å². The van der Waals surface area contributed by atoms with Crippen LogP contribution in [0.25, 0.3) is 0 Å². The molecule has 1 atom stereocenters. The molecule has 1 aromatic rings. The van der Waals surface area contributed by atoms with Gasteiger partial charge in [0.2, 0.25) is 0 Å². The van der Waals surface area contributed by atoms with Crippen molar-refractivity contribution in [1.29, 1.82) is 0 Å². The molecule has 4 heteroatoms. The van der Waals surface area contributed by atoms with E-state index in [1.54, 1.807) is 13.2 Å². The molecule has 106 valence electrons. The fourth-order valence-corrected chi connectivity index (χ4v) is 3.37. The number of hydrogen-bond acceptors (Lipinski definition) is 4. The summed E-state index contributed by atoms with van der Waals surface area (Å²) in [4.78, 5) is 0. The first-order chi connectivity index (χ1) is 9.10. The Kier molecular flexibility index (Phi) is 4.63. The van der Waals surface area contributed by atoms with E-state index in [2.05, 4.69) is 18.5 Å². The molecule has 1 fully saturated rings. The lowest BCUT2D eigenvalue weighted by Gasteiger charge is -2.41. The first-order valence-electron chi connectivity index (χ1n) is 6.76. The van der Waals surface area contributed by atoms with Crippen molar-refractivity contribution in [2.75, 3.05) is 19.9 Å². The van der Waals surface area contributed by atoms with Crippen molar-refractivity contribution < 1.29 is 9.84 Å². The van der Waals surface area contributed by atoms with Crippen molar-refractivity contribution in [3.8, 4) is 11.5 Å². The smallest absolute Gasteiger partial charge is 0.160 e. The lowest BCUT2D eigenvalue weighted by atomic mass is 9.84. The van der Waals surface area contributed by atoms with Crippen molar-refractivity contribution >= 4 is 11.8 Å². The van der Waals surface area contributed by atoms with Crippen LogP contribution in [-0.2, 0) is 0 Å². The zero-order valence-electron chi connectivity index (χ0n) is 11.9. The van der Waals surface area contributed by atoms with E-state index in [4.69, 9.17) is 4.74 Å². The highest BCUT2D eigenvalue weighted by atomic mass is 32.2. The average molecular weight is 281 g/mol. The molecule has 1 saturated carbocycles. The van der Waals surface area contributed by atoms with E-state index >= 15 is 0 Å². The molecule has 0 aromatic heterocycles. The molecule has 0 spiro atoms. The van der Waals surface area contributed by atoms with E-state index < -0.39 is 0 Å². The van der Waals surface area contributed by atoms with Gasteiger partial charge >= 0.3 is 0 Å². The van der Waals surface area contributed by atoms with Crippen molar-refractivity contribution in [3.63, 3.8) is 0 Å². The van der Waals surface area contributed by atoms with Crippen LogP contribution in [0.1, 0.15) is 37.8 Å². The number of ether oxygens (including phenoxy) is 1. The molecule has 0 aliphatic heterocycles. The van der Waals surface area contributed by atoms with Gasteiger partial charge in [0, 0.05) is 17.3 Å². The predicted molar refractivity (Wildman–Crippen MR) is 81.2 cm³/mol. The molecule has 1 unspecified atom stereocenters. The zero-order valence-corrected chi connectivity index (χ0v) is 12.7. The van der Waals surface area contributed by atoms with E-state index in [0.717, 1.165) is 12.1 Å². The topological polar surface area (TPSA) is 41.5 Å². The van der Waals surface area contributed by atoms with Crippen LogP contribution in [-0.4, -0.2) is 29.8 Å². The maximum absolute atomic E-state index is 9.61. The minimum Gasteiger partial charge on any atom is -0.504 e. The summed E-state index contributed by atoms with van der Waals surface area (Å²) in [5, 5.41) is 13.2. The maximum atomic E-state index is 9.61. The Balaban J connectivity index is 1.97. The predicted octanol–water partition coefficient (Wildman–Crippen LogP) is 3.34. The van der Waals surface area contributed by atoms with Crippen LogP contribution in [0.2, 0.25) is 0 Å². The molecule has 0 amide bonds. The summed E-state index contributed by atoms with van der Waals surface area (Å²) in [6, 6.07) is 5.81.